The van der Waals surface area contributed by atoms with Gasteiger partial charge in [-0.2, -0.15) is 5.26 Å². The summed E-state index contributed by atoms with van der Waals surface area (Å²) in [5, 5.41) is 13.4. The van der Waals surface area contributed by atoms with Crippen molar-refractivity contribution in [2.24, 2.45) is 10.7 Å². The van der Waals surface area contributed by atoms with Crippen LogP contribution in [0.3, 0.4) is 0 Å². The second-order valence-electron chi connectivity index (χ2n) is 8.22. The van der Waals surface area contributed by atoms with Gasteiger partial charge in [0.1, 0.15) is 22.6 Å². The van der Waals surface area contributed by atoms with Crippen LogP contribution in [-0.4, -0.2) is 30.5 Å². The molecule has 1 unspecified atom stereocenters. The summed E-state index contributed by atoms with van der Waals surface area (Å²) < 4.78 is 11.5. The van der Waals surface area contributed by atoms with E-state index in [0.29, 0.717) is 46.8 Å². The summed E-state index contributed by atoms with van der Waals surface area (Å²) in [4.78, 5) is 21.8. The number of fused-ring (bicyclic) bond motifs is 1. The molecular weight excluding hydrogens is 454 g/mol. The number of benzene rings is 1. The molecule has 1 aliphatic rings. The van der Waals surface area contributed by atoms with Gasteiger partial charge in [0.2, 0.25) is 0 Å². The number of nitrogens with zero attached hydrogens (tertiary/aromatic N) is 3. The van der Waals surface area contributed by atoms with E-state index in [0.717, 1.165) is 11.1 Å². The summed E-state index contributed by atoms with van der Waals surface area (Å²) in [6, 6.07) is 8.87. The van der Waals surface area contributed by atoms with Crippen LogP contribution in [0.2, 0.25) is 5.15 Å². The van der Waals surface area contributed by atoms with Crippen molar-refractivity contribution < 1.29 is 9.15 Å². The van der Waals surface area contributed by atoms with E-state index in [1.807, 2.05) is 32.0 Å². The number of aliphatic imine (C=N–C) groups is 1. The lowest BCUT2D eigenvalue weighted by Gasteiger charge is -2.21. The largest absolute Gasteiger partial charge is 0.455 e. The van der Waals surface area contributed by atoms with E-state index in [9.17, 15) is 10.1 Å². The van der Waals surface area contributed by atoms with Gasteiger partial charge >= 0.3 is 0 Å². The number of nitrogens with one attached hydrogen (secondary N) is 1. The highest BCUT2D eigenvalue weighted by molar-refractivity contribution is 6.29. The highest BCUT2D eigenvalue weighted by Crippen LogP contribution is 2.31. The SMILES string of the molecule is Cc1cc(C(C)Nc2ccc(Cl)nc2C#N)c2oc(/C(C=NC3COC3)=C/N)c(C)c(=O)c2c1. The van der Waals surface area contributed by atoms with Crippen molar-refractivity contribution in [1.29, 1.82) is 5.26 Å². The average Bonchev–Trinajstić information content (AvgIpc) is 2.79. The number of pyridine rings is 1. The number of nitrogens with two attached hydrogens (primary N) is 1. The Balaban J connectivity index is 1.82. The molecule has 4 rings (SSSR count). The topological polar surface area (TPSA) is 127 Å². The fraction of sp³-hybridized carbons (Fsp3) is 0.280. The number of halogens is 1. The molecule has 1 fully saturated rings. The van der Waals surface area contributed by atoms with E-state index >= 15 is 0 Å². The van der Waals surface area contributed by atoms with Gasteiger partial charge in [0.25, 0.3) is 0 Å². The molecule has 1 aliphatic heterocycles. The first-order chi connectivity index (χ1) is 16.3. The highest BCUT2D eigenvalue weighted by atomic mass is 35.5. The van der Waals surface area contributed by atoms with Gasteiger partial charge in [-0.25, -0.2) is 4.98 Å². The molecular formula is C25H24ClN5O3. The Morgan fingerprint density at radius 2 is 2.15 bits per heavy atom. The molecule has 0 amide bonds. The lowest BCUT2D eigenvalue weighted by Crippen LogP contribution is -2.31. The van der Waals surface area contributed by atoms with Crippen molar-refractivity contribution in [1.82, 2.24) is 4.98 Å². The van der Waals surface area contributed by atoms with E-state index in [1.165, 1.54) is 6.20 Å². The molecule has 8 nitrogen and oxygen atoms in total. The van der Waals surface area contributed by atoms with Gasteiger partial charge in [-0.3, -0.25) is 9.79 Å². The zero-order valence-corrected chi connectivity index (χ0v) is 19.8. The average molecular weight is 478 g/mol. The molecule has 2 aromatic heterocycles. The monoisotopic (exact) mass is 477 g/mol. The van der Waals surface area contributed by atoms with Gasteiger partial charge in [-0.15, -0.1) is 0 Å². The number of hydrogen-bond acceptors (Lipinski definition) is 8. The predicted molar refractivity (Wildman–Crippen MR) is 133 cm³/mol. The molecule has 3 N–H and O–H groups in total. The maximum atomic E-state index is 13.3. The van der Waals surface area contributed by atoms with E-state index in [4.69, 9.17) is 26.5 Å². The summed E-state index contributed by atoms with van der Waals surface area (Å²) in [5.41, 5.74) is 9.52. The van der Waals surface area contributed by atoms with Gasteiger partial charge in [0.15, 0.2) is 11.1 Å². The lowest BCUT2D eigenvalue weighted by atomic mass is 9.99. The number of aromatic nitrogens is 1. The summed E-state index contributed by atoms with van der Waals surface area (Å²) in [5.74, 6) is 0.368. The van der Waals surface area contributed by atoms with Gasteiger partial charge < -0.3 is 20.2 Å². The van der Waals surface area contributed by atoms with Gasteiger partial charge in [0.05, 0.1) is 41.9 Å². The minimum absolute atomic E-state index is 0.0761. The highest BCUT2D eigenvalue weighted by Gasteiger charge is 2.21. The van der Waals surface area contributed by atoms with Gasteiger partial charge in [-0.1, -0.05) is 17.7 Å². The first-order valence-corrected chi connectivity index (χ1v) is 11.1. The molecule has 174 valence electrons. The second kappa shape index (κ2) is 9.67. The molecule has 0 bridgehead atoms. The van der Waals surface area contributed by atoms with Crippen LogP contribution < -0.4 is 16.5 Å². The van der Waals surface area contributed by atoms with Crippen molar-refractivity contribution in [3.05, 3.63) is 74.0 Å². The first kappa shape index (κ1) is 23.5. The van der Waals surface area contributed by atoms with Crippen molar-refractivity contribution >= 4 is 40.0 Å². The molecule has 1 aromatic carbocycles. The zero-order valence-electron chi connectivity index (χ0n) is 19.1. The smallest absolute Gasteiger partial charge is 0.196 e. The van der Waals surface area contributed by atoms with E-state index in [-0.39, 0.29) is 28.4 Å². The third kappa shape index (κ3) is 4.53. The maximum absolute atomic E-state index is 13.3. The van der Waals surface area contributed by atoms with Crippen molar-refractivity contribution in [2.45, 2.75) is 32.9 Å². The normalized spacial score (nSPS) is 15.3. The molecule has 1 saturated heterocycles. The predicted octanol–water partition coefficient (Wildman–Crippen LogP) is 4.27. The molecule has 0 saturated carbocycles. The van der Waals surface area contributed by atoms with Crippen LogP contribution in [0.5, 0.6) is 0 Å². The third-order valence-corrected chi connectivity index (χ3v) is 5.89. The van der Waals surface area contributed by atoms with E-state index in [1.54, 1.807) is 25.3 Å². The number of hydrogen-bond donors (Lipinski definition) is 2. The van der Waals surface area contributed by atoms with Crippen LogP contribution in [0.1, 0.15) is 41.1 Å². The van der Waals surface area contributed by atoms with Gasteiger partial charge in [0, 0.05) is 23.5 Å². The molecule has 1 atom stereocenters. The fourth-order valence-corrected chi connectivity index (χ4v) is 3.93. The number of nitriles is 1. The van der Waals surface area contributed by atoms with Gasteiger partial charge in [-0.05, 0) is 44.5 Å². The van der Waals surface area contributed by atoms with Crippen LogP contribution in [0.4, 0.5) is 5.69 Å². The molecule has 0 aliphatic carbocycles. The maximum Gasteiger partial charge on any atom is 0.196 e. The standard InChI is InChI=1S/C25H24ClN5O3/c1-13-6-18(15(3)30-20-4-5-22(26)31-21(20)9-28)25-19(7-13)23(32)14(2)24(34-25)16(8-27)10-29-17-11-33-12-17/h4-8,10,15,17,30H,11-12,27H2,1-3H3/b16-8+,29-10?. The number of ether oxygens (including phenoxy) is 1. The summed E-state index contributed by atoms with van der Waals surface area (Å²) in [7, 11) is 0. The van der Waals surface area contributed by atoms with Crippen molar-refractivity contribution in [3.8, 4) is 6.07 Å². The molecule has 3 heterocycles. The molecule has 3 aromatic rings. The fourth-order valence-electron chi connectivity index (χ4n) is 3.79. The van der Waals surface area contributed by atoms with Crippen LogP contribution in [0, 0.1) is 25.2 Å². The first-order valence-electron chi connectivity index (χ1n) is 10.8. The summed E-state index contributed by atoms with van der Waals surface area (Å²) in [6.07, 6.45) is 3.01. The Morgan fingerprint density at radius 3 is 2.79 bits per heavy atom. The Morgan fingerprint density at radius 1 is 1.38 bits per heavy atom. The van der Waals surface area contributed by atoms with Crippen LogP contribution in [0.25, 0.3) is 16.5 Å². The number of rotatable bonds is 6. The summed E-state index contributed by atoms with van der Waals surface area (Å²) in [6.45, 7) is 6.67. The Labute approximate surface area is 201 Å². The molecule has 34 heavy (non-hydrogen) atoms. The minimum Gasteiger partial charge on any atom is -0.455 e. The van der Waals surface area contributed by atoms with Crippen molar-refractivity contribution in [3.63, 3.8) is 0 Å². The molecule has 9 heteroatoms. The zero-order chi connectivity index (χ0) is 24.4. The summed E-state index contributed by atoms with van der Waals surface area (Å²) >= 11 is 5.93. The Hall–Kier alpha value is -3.67. The van der Waals surface area contributed by atoms with E-state index < -0.39 is 0 Å². The lowest BCUT2D eigenvalue weighted by molar-refractivity contribution is 0.0135. The van der Waals surface area contributed by atoms with Crippen LogP contribution in [-0.2, 0) is 4.74 Å². The third-order valence-electron chi connectivity index (χ3n) is 5.68. The van der Waals surface area contributed by atoms with Crippen LogP contribution >= 0.6 is 11.6 Å². The molecule has 0 spiro atoms. The van der Waals surface area contributed by atoms with Crippen molar-refractivity contribution in [2.75, 3.05) is 18.5 Å². The molecule has 0 radical (unpaired) electrons. The number of allylic oxidation sites excluding steroid dienone is 1. The van der Waals surface area contributed by atoms with Crippen LogP contribution in [0.15, 0.2) is 44.7 Å². The Kier molecular flexibility index (Phi) is 6.68. The number of aryl methyl sites for hydroxylation is 1. The number of anilines is 1. The van der Waals surface area contributed by atoms with E-state index in [2.05, 4.69) is 15.3 Å². The second-order valence-corrected chi connectivity index (χ2v) is 8.60. The Bertz CT molecular complexity index is 1420. The minimum atomic E-state index is -0.317. The quantitative estimate of drug-likeness (QED) is 0.401.